The SMILES string of the molecule is Cc1ccc(C(C)Nc2ccnc(N(C)C)n2)cc1. The van der Waals surface area contributed by atoms with Crippen LogP contribution in [0, 0.1) is 6.92 Å². The van der Waals surface area contributed by atoms with Gasteiger partial charge in [-0.25, -0.2) is 4.98 Å². The minimum atomic E-state index is 0.213. The highest BCUT2D eigenvalue weighted by molar-refractivity contribution is 5.42. The van der Waals surface area contributed by atoms with E-state index in [-0.39, 0.29) is 6.04 Å². The van der Waals surface area contributed by atoms with Gasteiger partial charge in [-0.3, -0.25) is 0 Å². The van der Waals surface area contributed by atoms with Gasteiger partial charge in [0.1, 0.15) is 5.82 Å². The number of rotatable bonds is 4. The summed E-state index contributed by atoms with van der Waals surface area (Å²) in [6.45, 7) is 4.22. The monoisotopic (exact) mass is 256 g/mol. The van der Waals surface area contributed by atoms with E-state index in [1.807, 2.05) is 25.1 Å². The van der Waals surface area contributed by atoms with Gasteiger partial charge >= 0.3 is 0 Å². The largest absolute Gasteiger partial charge is 0.363 e. The molecular formula is C15H20N4. The van der Waals surface area contributed by atoms with Gasteiger partial charge in [0.2, 0.25) is 5.95 Å². The normalized spacial score (nSPS) is 12.0. The number of benzene rings is 1. The topological polar surface area (TPSA) is 41.1 Å². The average Bonchev–Trinajstić information content (AvgIpc) is 2.39. The number of aryl methyl sites for hydroxylation is 1. The zero-order valence-electron chi connectivity index (χ0n) is 11.9. The quantitative estimate of drug-likeness (QED) is 0.913. The molecule has 0 saturated carbocycles. The number of nitrogens with zero attached hydrogens (tertiary/aromatic N) is 3. The number of aromatic nitrogens is 2. The van der Waals surface area contributed by atoms with Crippen molar-refractivity contribution in [1.29, 1.82) is 0 Å². The minimum Gasteiger partial charge on any atom is -0.363 e. The molecule has 0 bridgehead atoms. The molecule has 0 fully saturated rings. The third kappa shape index (κ3) is 3.44. The van der Waals surface area contributed by atoms with E-state index in [9.17, 15) is 0 Å². The van der Waals surface area contributed by atoms with Crippen LogP contribution in [0.3, 0.4) is 0 Å². The molecule has 0 aliphatic heterocycles. The maximum Gasteiger partial charge on any atom is 0.226 e. The van der Waals surface area contributed by atoms with Gasteiger partial charge in [-0.15, -0.1) is 0 Å². The van der Waals surface area contributed by atoms with E-state index in [1.54, 1.807) is 6.20 Å². The third-order valence-corrected chi connectivity index (χ3v) is 2.98. The lowest BCUT2D eigenvalue weighted by molar-refractivity contribution is 0.867. The van der Waals surface area contributed by atoms with E-state index in [0.29, 0.717) is 5.95 Å². The van der Waals surface area contributed by atoms with Crippen LogP contribution in [-0.4, -0.2) is 24.1 Å². The summed E-state index contributed by atoms with van der Waals surface area (Å²) in [6.07, 6.45) is 1.77. The third-order valence-electron chi connectivity index (χ3n) is 2.98. The summed E-state index contributed by atoms with van der Waals surface area (Å²) < 4.78 is 0. The molecule has 0 saturated heterocycles. The van der Waals surface area contributed by atoms with Crippen molar-refractivity contribution in [3.63, 3.8) is 0 Å². The van der Waals surface area contributed by atoms with E-state index in [1.165, 1.54) is 11.1 Å². The van der Waals surface area contributed by atoms with E-state index in [4.69, 9.17) is 0 Å². The summed E-state index contributed by atoms with van der Waals surface area (Å²) in [7, 11) is 3.87. The Hall–Kier alpha value is -2.10. The Morgan fingerprint density at radius 2 is 1.79 bits per heavy atom. The molecule has 4 heteroatoms. The first-order valence-electron chi connectivity index (χ1n) is 6.40. The Kier molecular flexibility index (Phi) is 4.00. The fourth-order valence-corrected chi connectivity index (χ4v) is 1.80. The van der Waals surface area contributed by atoms with Crippen LogP contribution in [0.5, 0.6) is 0 Å². The molecule has 1 unspecified atom stereocenters. The van der Waals surface area contributed by atoms with Crippen molar-refractivity contribution in [2.45, 2.75) is 19.9 Å². The molecule has 4 nitrogen and oxygen atoms in total. The van der Waals surface area contributed by atoms with Crippen LogP contribution in [0.25, 0.3) is 0 Å². The summed E-state index contributed by atoms with van der Waals surface area (Å²) in [4.78, 5) is 10.6. The van der Waals surface area contributed by atoms with Gasteiger partial charge in [0.05, 0.1) is 0 Å². The predicted molar refractivity (Wildman–Crippen MR) is 79.6 cm³/mol. The van der Waals surface area contributed by atoms with Crippen molar-refractivity contribution in [1.82, 2.24) is 9.97 Å². The van der Waals surface area contributed by atoms with E-state index >= 15 is 0 Å². The average molecular weight is 256 g/mol. The second-order valence-corrected chi connectivity index (χ2v) is 4.91. The van der Waals surface area contributed by atoms with E-state index in [0.717, 1.165) is 5.82 Å². The van der Waals surface area contributed by atoms with Crippen molar-refractivity contribution < 1.29 is 0 Å². The molecule has 1 aromatic carbocycles. The summed E-state index contributed by atoms with van der Waals surface area (Å²) in [6, 6.07) is 10.6. The zero-order valence-corrected chi connectivity index (χ0v) is 11.9. The lowest BCUT2D eigenvalue weighted by atomic mass is 10.1. The van der Waals surface area contributed by atoms with Crippen LogP contribution < -0.4 is 10.2 Å². The molecule has 0 aliphatic carbocycles. The van der Waals surface area contributed by atoms with Crippen LogP contribution >= 0.6 is 0 Å². The molecule has 2 rings (SSSR count). The molecule has 2 aromatic rings. The standard InChI is InChI=1S/C15H20N4/c1-11-5-7-13(8-6-11)12(2)17-14-9-10-16-15(18-14)19(3)4/h5-10,12H,1-4H3,(H,16,17,18). The number of hydrogen-bond donors (Lipinski definition) is 1. The van der Waals surface area contributed by atoms with Crippen molar-refractivity contribution >= 4 is 11.8 Å². The van der Waals surface area contributed by atoms with Crippen molar-refractivity contribution in [3.8, 4) is 0 Å². The molecule has 1 atom stereocenters. The van der Waals surface area contributed by atoms with E-state index in [2.05, 4.69) is 53.4 Å². The first kappa shape index (κ1) is 13.3. The highest BCUT2D eigenvalue weighted by Crippen LogP contribution is 2.19. The Morgan fingerprint density at radius 1 is 1.11 bits per heavy atom. The van der Waals surface area contributed by atoms with Crippen LogP contribution in [0.4, 0.5) is 11.8 Å². The molecule has 1 aromatic heterocycles. The van der Waals surface area contributed by atoms with Crippen molar-refractivity contribution in [3.05, 3.63) is 47.7 Å². The molecule has 1 heterocycles. The maximum absolute atomic E-state index is 4.46. The van der Waals surface area contributed by atoms with E-state index < -0.39 is 0 Å². The summed E-state index contributed by atoms with van der Waals surface area (Å²) in [5, 5.41) is 3.40. The minimum absolute atomic E-state index is 0.213. The summed E-state index contributed by atoms with van der Waals surface area (Å²) in [5.74, 6) is 1.55. The van der Waals surface area contributed by atoms with Crippen molar-refractivity contribution in [2.24, 2.45) is 0 Å². The number of anilines is 2. The highest BCUT2D eigenvalue weighted by atomic mass is 15.2. The van der Waals surface area contributed by atoms with Crippen molar-refractivity contribution in [2.75, 3.05) is 24.3 Å². The van der Waals surface area contributed by atoms with Gasteiger partial charge in [-0.1, -0.05) is 29.8 Å². The van der Waals surface area contributed by atoms with Crippen LogP contribution in [0.15, 0.2) is 36.5 Å². The predicted octanol–water partition coefficient (Wildman–Crippen LogP) is 3.02. The first-order chi connectivity index (χ1) is 9.06. The maximum atomic E-state index is 4.46. The summed E-state index contributed by atoms with van der Waals surface area (Å²) in [5.41, 5.74) is 2.52. The van der Waals surface area contributed by atoms with Gasteiger partial charge in [-0.05, 0) is 25.5 Å². The molecule has 0 amide bonds. The smallest absolute Gasteiger partial charge is 0.226 e. The van der Waals surface area contributed by atoms with Gasteiger partial charge in [0.15, 0.2) is 0 Å². The molecule has 0 aliphatic rings. The second kappa shape index (κ2) is 5.69. The molecule has 1 N–H and O–H groups in total. The molecule has 100 valence electrons. The Morgan fingerprint density at radius 3 is 2.42 bits per heavy atom. The Balaban J connectivity index is 2.12. The van der Waals surface area contributed by atoms with Gasteiger partial charge in [0, 0.05) is 26.3 Å². The lowest BCUT2D eigenvalue weighted by Gasteiger charge is -2.17. The van der Waals surface area contributed by atoms with Gasteiger partial charge < -0.3 is 10.2 Å². The number of nitrogens with one attached hydrogen (secondary N) is 1. The lowest BCUT2D eigenvalue weighted by Crippen LogP contribution is -2.14. The van der Waals surface area contributed by atoms with Gasteiger partial charge in [0.25, 0.3) is 0 Å². The van der Waals surface area contributed by atoms with Crippen LogP contribution in [0.2, 0.25) is 0 Å². The Labute approximate surface area is 114 Å². The fraction of sp³-hybridized carbons (Fsp3) is 0.333. The molecule has 19 heavy (non-hydrogen) atoms. The highest BCUT2D eigenvalue weighted by Gasteiger charge is 2.07. The van der Waals surface area contributed by atoms with Crippen LogP contribution in [0.1, 0.15) is 24.1 Å². The second-order valence-electron chi connectivity index (χ2n) is 4.91. The molecular weight excluding hydrogens is 236 g/mol. The number of hydrogen-bond acceptors (Lipinski definition) is 4. The molecule has 0 radical (unpaired) electrons. The van der Waals surface area contributed by atoms with Crippen LogP contribution in [-0.2, 0) is 0 Å². The van der Waals surface area contributed by atoms with Gasteiger partial charge in [-0.2, -0.15) is 4.98 Å². The molecule has 0 spiro atoms. The summed E-state index contributed by atoms with van der Waals surface area (Å²) >= 11 is 0. The fourth-order valence-electron chi connectivity index (χ4n) is 1.80. The first-order valence-corrected chi connectivity index (χ1v) is 6.40. The Bertz CT molecular complexity index is 534. The zero-order chi connectivity index (χ0) is 13.8.